The molecule has 3 N–H and O–H groups in total. The summed E-state index contributed by atoms with van der Waals surface area (Å²) >= 11 is 6.06. The van der Waals surface area contributed by atoms with Crippen molar-refractivity contribution in [2.45, 2.75) is 26.2 Å². The highest BCUT2D eigenvalue weighted by Crippen LogP contribution is 2.28. The molecule has 2 aromatic rings. The first-order chi connectivity index (χ1) is 14.0. The standard InChI is InChI=1S/C22H27ClN4O2/c1-16-17(23)8-7-10-18(16)26-22(29)15-25-21(28)14-24-19-9-3-4-11-20(19)27-12-5-2-6-13-27/h3-4,7-11,24H,2,5-6,12-15H2,1H3,(H,25,28)(H,26,29). The van der Waals surface area contributed by atoms with Crippen molar-refractivity contribution in [3.63, 3.8) is 0 Å². The molecule has 1 saturated heterocycles. The van der Waals surface area contributed by atoms with Crippen molar-refractivity contribution in [2.75, 3.05) is 41.7 Å². The van der Waals surface area contributed by atoms with Gasteiger partial charge in [-0.3, -0.25) is 9.59 Å². The Morgan fingerprint density at radius 1 is 0.931 bits per heavy atom. The molecule has 3 rings (SSSR count). The second-order valence-corrected chi connectivity index (χ2v) is 7.56. The molecule has 0 saturated carbocycles. The van der Waals surface area contributed by atoms with Crippen molar-refractivity contribution in [3.05, 3.63) is 53.1 Å². The fraction of sp³-hybridized carbons (Fsp3) is 0.364. The maximum absolute atomic E-state index is 12.2. The van der Waals surface area contributed by atoms with Gasteiger partial charge in [0.05, 0.1) is 24.5 Å². The lowest BCUT2D eigenvalue weighted by molar-refractivity contribution is -0.122. The van der Waals surface area contributed by atoms with Gasteiger partial charge in [0.15, 0.2) is 0 Å². The molecule has 0 spiro atoms. The van der Waals surface area contributed by atoms with Crippen LogP contribution in [0.5, 0.6) is 0 Å². The number of anilines is 3. The van der Waals surface area contributed by atoms with Crippen molar-refractivity contribution >= 4 is 40.5 Å². The zero-order chi connectivity index (χ0) is 20.6. The van der Waals surface area contributed by atoms with Crippen LogP contribution in [-0.4, -0.2) is 38.0 Å². The number of benzene rings is 2. The Kier molecular flexibility index (Phi) is 7.36. The van der Waals surface area contributed by atoms with E-state index in [0.717, 1.165) is 30.0 Å². The summed E-state index contributed by atoms with van der Waals surface area (Å²) in [7, 11) is 0. The second kappa shape index (κ2) is 10.2. The molecule has 0 unspecified atom stereocenters. The topological polar surface area (TPSA) is 73.5 Å². The van der Waals surface area contributed by atoms with E-state index >= 15 is 0 Å². The Morgan fingerprint density at radius 3 is 2.45 bits per heavy atom. The minimum atomic E-state index is -0.294. The predicted molar refractivity (Wildman–Crippen MR) is 119 cm³/mol. The number of nitrogens with one attached hydrogen (secondary N) is 3. The van der Waals surface area contributed by atoms with Gasteiger partial charge < -0.3 is 20.9 Å². The first-order valence-corrected chi connectivity index (χ1v) is 10.3. The van der Waals surface area contributed by atoms with Crippen LogP contribution in [0.25, 0.3) is 0 Å². The maximum Gasteiger partial charge on any atom is 0.243 e. The maximum atomic E-state index is 12.2. The molecule has 0 aromatic heterocycles. The van der Waals surface area contributed by atoms with Crippen molar-refractivity contribution in [1.82, 2.24) is 5.32 Å². The summed E-state index contributed by atoms with van der Waals surface area (Å²) in [6.45, 7) is 3.91. The fourth-order valence-electron chi connectivity index (χ4n) is 3.39. The van der Waals surface area contributed by atoms with Crippen molar-refractivity contribution in [3.8, 4) is 0 Å². The van der Waals surface area contributed by atoms with E-state index in [1.54, 1.807) is 18.2 Å². The van der Waals surface area contributed by atoms with E-state index in [1.165, 1.54) is 19.3 Å². The summed E-state index contributed by atoms with van der Waals surface area (Å²) in [5.41, 5.74) is 3.49. The monoisotopic (exact) mass is 414 g/mol. The van der Waals surface area contributed by atoms with Gasteiger partial charge in [0.2, 0.25) is 11.8 Å². The number of hydrogen-bond acceptors (Lipinski definition) is 4. The van der Waals surface area contributed by atoms with Crippen LogP contribution in [0.3, 0.4) is 0 Å². The summed E-state index contributed by atoms with van der Waals surface area (Å²) in [4.78, 5) is 26.7. The van der Waals surface area contributed by atoms with E-state index in [4.69, 9.17) is 11.6 Å². The van der Waals surface area contributed by atoms with E-state index in [9.17, 15) is 9.59 Å². The molecule has 2 aromatic carbocycles. The van der Waals surface area contributed by atoms with E-state index < -0.39 is 0 Å². The number of nitrogens with zero attached hydrogens (tertiary/aromatic N) is 1. The Hall–Kier alpha value is -2.73. The van der Waals surface area contributed by atoms with Crippen molar-refractivity contribution in [2.24, 2.45) is 0 Å². The average molecular weight is 415 g/mol. The zero-order valence-corrected chi connectivity index (χ0v) is 17.4. The Labute approximate surface area is 176 Å². The molecule has 1 heterocycles. The summed E-state index contributed by atoms with van der Waals surface area (Å²) in [5.74, 6) is -0.533. The van der Waals surface area contributed by atoms with Gasteiger partial charge in [-0.25, -0.2) is 0 Å². The molecular formula is C22H27ClN4O2. The minimum Gasteiger partial charge on any atom is -0.374 e. The number of amides is 2. The molecule has 0 radical (unpaired) electrons. The molecule has 6 nitrogen and oxygen atoms in total. The average Bonchev–Trinajstić information content (AvgIpc) is 2.75. The van der Waals surface area contributed by atoms with Crippen molar-refractivity contribution in [1.29, 1.82) is 0 Å². The summed E-state index contributed by atoms with van der Waals surface area (Å²) in [6.07, 6.45) is 3.65. The van der Waals surface area contributed by atoms with Crippen LogP contribution in [-0.2, 0) is 9.59 Å². The number of halogens is 1. The van der Waals surface area contributed by atoms with Gasteiger partial charge >= 0.3 is 0 Å². The first kappa shape index (κ1) is 21.0. The summed E-state index contributed by atoms with van der Waals surface area (Å²) in [5, 5.41) is 9.20. The Bertz CT molecular complexity index is 866. The normalized spacial score (nSPS) is 13.7. The van der Waals surface area contributed by atoms with E-state index in [-0.39, 0.29) is 24.9 Å². The number of hydrogen-bond donors (Lipinski definition) is 3. The quantitative estimate of drug-likeness (QED) is 0.644. The molecule has 29 heavy (non-hydrogen) atoms. The highest BCUT2D eigenvalue weighted by molar-refractivity contribution is 6.31. The van der Waals surface area contributed by atoms with E-state index in [0.29, 0.717) is 10.7 Å². The lowest BCUT2D eigenvalue weighted by Crippen LogP contribution is -2.36. The van der Waals surface area contributed by atoms with E-state index in [1.807, 2.05) is 25.1 Å². The third-order valence-corrected chi connectivity index (χ3v) is 5.44. The fourth-order valence-corrected chi connectivity index (χ4v) is 3.56. The van der Waals surface area contributed by atoms with Crippen LogP contribution in [0.15, 0.2) is 42.5 Å². The SMILES string of the molecule is Cc1c(Cl)cccc1NC(=O)CNC(=O)CNc1ccccc1N1CCCCC1. The highest BCUT2D eigenvalue weighted by Gasteiger charge is 2.15. The molecule has 0 atom stereocenters. The van der Waals surface area contributed by atoms with Gasteiger partial charge in [-0.05, 0) is 56.0 Å². The van der Waals surface area contributed by atoms with Crippen LogP contribution in [0, 0.1) is 6.92 Å². The minimum absolute atomic E-state index is 0.0970. The molecule has 0 bridgehead atoms. The van der Waals surface area contributed by atoms with Crippen LogP contribution in [0.2, 0.25) is 5.02 Å². The first-order valence-electron chi connectivity index (χ1n) is 9.94. The highest BCUT2D eigenvalue weighted by atomic mass is 35.5. The Balaban J connectivity index is 1.48. The number of para-hydroxylation sites is 2. The lowest BCUT2D eigenvalue weighted by Gasteiger charge is -2.30. The third-order valence-electron chi connectivity index (χ3n) is 5.03. The molecule has 154 valence electrons. The zero-order valence-electron chi connectivity index (χ0n) is 16.6. The van der Waals surface area contributed by atoms with Crippen LogP contribution in [0.4, 0.5) is 17.1 Å². The Morgan fingerprint density at radius 2 is 1.66 bits per heavy atom. The van der Waals surface area contributed by atoms with Crippen molar-refractivity contribution < 1.29 is 9.59 Å². The van der Waals surface area contributed by atoms with Gasteiger partial charge in [-0.15, -0.1) is 0 Å². The van der Waals surface area contributed by atoms with Gasteiger partial charge in [-0.2, -0.15) is 0 Å². The summed E-state index contributed by atoms with van der Waals surface area (Å²) < 4.78 is 0. The van der Waals surface area contributed by atoms with Crippen LogP contribution >= 0.6 is 11.6 Å². The van der Waals surface area contributed by atoms with Crippen LogP contribution in [0.1, 0.15) is 24.8 Å². The van der Waals surface area contributed by atoms with Crippen LogP contribution < -0.4 is 20.9 Å². The molecule has 1 aliphatic rings. The van der Waals surface area contributed by atoms with Gasteiger partial charge in [0.25, 0.3) is 0 Å². The predicted octanol–water partition coefficient (Wildman–Crippen LogP) is 3.81. The molecule has 1 fully saturated rings. The molecule has 0 aliphatic carbocycles. The molecule has 7 heteroatoms. The smallest absolute Gasteiger partial charge is 0.243 e. The molecular weight excluding hydrogens is 388 g/mol. The number of carbonyl (C=O) groups is 2. The number of piperidine rings is 1. The molecule has 2 amide bonds. The third kappa shape index (κ3) is 5.87. The largest absolute Gasteiger partial charge is 0.374 e. The van der Waals surface area contributed by atoms with Gasteiger partial charge in [-0.1, -0.05) is 29.8 Å². The molecule has 1 aliphatic heterocycles. The number of carbonyl (C=O) groups excluding carboxylic acids is 2. The van der Waals surface area contributed by atoms with Gasteiger partial charge in [0.1, 0.15) is 0 Å². The lowest BCUT2D eigenvalue weighted by atomic mass is 10.1. The number of rotatable bonds is 7. The summed E-state index contributed by atoms with van der Waals surface area (Å²) in [6, 6.07) is 13.3. The second-order valence-electron chi connectivity index (χ2n) is 7.16. The van der Waals surface area contributed by atoms with E-state index in [2.05, 4.69) is 26.9 Å². The van der Waals surface area contributed by atoms with Gasteiger partial charge in [0, 0.05) is 23.8 Å².